The van der Waals surface area contributed by atoms with Crippen LogP contribution in [0.15, 0.2) is 27.6 Å². The fourth-order valence-corrected chi connectivity index (χ4v) is 4.10. The summed E-state index contributed by atoms with van der Waals surface area (Å²) in [6.07, 6.45) is 1.66. The van der Waals surface area contributed by atoms with Gasteiger partial charge in [0.2, 0.25) is 10.0 Å². The lowest BCUT2D eigenvalue weighted by Crippen LogP contribution is -2.27. The molecular weight excluding hydrogens is 324 g/mol. The molecule has 18 heavy (non-hydrogen) atoms. The van der Waals surface area contributed by atoms with Gasteiger partial charge in [-0.1, -0.05) is 15.9 Å². The third-order valence-corrected chi connectivity index (χ3v) is 5.10. The van der Waals surface area contributed by atoms with Gasteiger partial charge in [0.25, 0.3) is 5.69 Å². The molecule has 1 heterocycles. The zero-order valence-corrected chi connectivity index (χ0v) is 11.8. The number of benzene rings is 1. The van der Waals surface area contributed by atoms with E-state index in [1.165, 1.54) is 16.4 Å². The molecule has 6 nitrogen and oxygen atoms in total. The summed E-state index contributed by atoms with van der Waals surface area (Å²) in [6.45, 7) is 0.950. The topological polar surface area (TPSA) is 80.5 Å². The lowest BCUT2D eigenvalue weighted by Gasteiger charge is -2.15. The van der Waals surface area contributed by atoms with Crippen LogP contribution in [0.4, 0.5) is 5.69 Å². The fraction of sp³-hybridized carbons (Fsp3) is 0.400. The SMILES string of the molecule is O=[N+]([O-])c1cc(Br)cc(S(=O)(=O)N2CCCC2)c1. The van der Waals surface area contributed by atoms with Crippen LogP contribution in [-0.4, -0.2) is 30.7 Å². The number of halogens is 1. The van der Waals surface area contributed by atoms with Gasteiger partial charge in [-0.05, 0) is 18.9 Å². The molecule has 98 valence electrons. The minimum Gasteiger partial charge on any atom is -0.258 e. The molecule has 1 aromatic carbocycles. The summed E-state index contributed by atoms with van der Waals surface area (Å²) in [5.74, 6) is 0. The Balaban J connectivity index is 2.47. The highest BCUT2D eigenvalue weighted by atomic mass is 79.9. The van der Waals surface area contributed by atoms with Crippen LogP contribution in [0.5, 0.6) is 0 Å². The van der Waals surface area contributed by atoms with Gasteiger partial charge in [-0.3, -0.25) is 10.1 Å². The van der Waals surface area contributed by atoms with Crippen molar-refractivity contribution in [3.05, 3.63) is 32.8 Å². The molecule has 1 aliphatic heterocycles. The van der Waals surface area contributed by atoms with E-state index >= 15 is 0 Å². The Bertz CT molecular complexity index is 582. The summed E-state index contributed by atoms with van der Waals surface area (Å²) in [5.41, 5.74) is -0.234. The van der Waals surface area contributed by atoms with Crippen LogP contribution >= 0.6 is 15.9 Å². The fourth-order valence-electron chi connectivity index (χ4n) is 1.88. The van der Waals surface area contributed by atoms with Crippen LogP contribution in [0.1, 0.15) is 12.8 Å². The van der Waals surface area contributed by atoms with Crippen molar-refractivity contribution < 1.29 is 13.3 Å². The number of hydrogen-bond donors (Lipinski definition) is 0. The van der Waals surface area contributed by atoms with E-state index in [0.29, 0.717) is 17.6 Å². The van der Waals surface area contributed by atoms with Crippen molar-refractivity contribution in [3.63, 3.8) is 0 Å². The van der Waals surface area contributed by atoms with Crippen LogP contribution in [-0.2, 0) is 10.0 Å². The van der Waals surface area contributed by atoms with E-state index in [4.69, 9.17) is 0 Å². The zero-order valence-electron chi connectivity index (χ0n) is 9.37. The van der Waals surface area contributed by atoms with E-state index in [1.54, 1.807) is 0 Å². The lowest BCUT2D eigenvalue weighted by molar-refractivity contribution is -0.385. The average molecular weight is 335 g/mol. The van der Waals surface area contributed by atoms with E-state index in [9.17, 15) is 18.5 Å². The van der Waals surface area contributed by atoms with Crippen molar-refractivity contribution in [2.75, 3.05) is 13.1 Å². The third-order valence-electron chi connectivity index (χ3n) is 2.77. The number of sulfonamides is 1. The number of rotatable bonds is 3. The van der Waals surface area contributed by atoms with E-state index in [0.717, 1.165) is 18.9 Å². The van der Waals surface area contributed by atoms with Crippen molar-refractivity contribution in [2.45, 2.75) is 17.7 Å². The van der Waals surface area contributed by atoms with Crippen molar-refractivity contribution in [2.24, 2.45) is 0 Å². The summed E-state index contributed by atoms with van der Waals surface area (Å²) in [4.78, 5) is 10.1. The lowest BCUT2D eigenvalue weighted by atomic mass is 10.3. The van der Waals surface area contributed by atoms with Crippen molar-refractivity contribution in [3.8, 4) is 0 Å². The Labute approximate surface area is 113 Å². The van der Waals surface area contributed by atoms with Crippen LogP contribution in [0.3, 0.4) is 0 Å². The molecule has 0 bridgehead atoms. The molecular formula is C10H11BrN2O4S. The highest BCUT2D eigenvalue weighted by Gasteiger charge is 2.28. The largest absolute Gasteiger partial charge is 0.271 e. The first-order chi connectivity index (χ1) is 8.41. The maximum absolute atomic E-state index is 12.2. The van der Waals surface area contributed by atoms with Crippen LogP contribution in [0.2, 0.25) is 0 Å². The van der Waals surface area contributed by atoms with Crippen molar-refractivity contribution in [1.29, 1.82) is 0 Å². The van der Waals surface area contributed by atoms with Gasteiger partial charge in [-0.15, -0.1) is 0 Å². The molecule has 1 fully saturated rings. The Morgan fingerprint density at radius 3 is 2.39 bits per heavy atom. The molecule has 1 aromatic rings. The molecule has 0 N–H and O–H groups in total. The van der Waals surface area contributed by atoms with Crippen LogP contribution < -0.4 is 0 Å². The molecule has 1 aliphatic rings. The molecule has 0 amide bonds. The molecule has 0 atom stereocenters. The standard InChI is InChI=1S/C10H11BrN2O4S/c11-8-5-9(13(14)15)7-10(6-8)18(16,17)12-3-1-2-4-12/h5-7H,1-4H2. The molecule has 0 radical (unpaired) electrons. The summed E-state index contributed by atoms with van der Waals surface area (Å²) < 4.78 is 26.2. The minimum absolute atomic E-state index is 0.0366. The molecule has 1 saturated heterocycles. The second-order valence-corrected chi connectivity index (χ2v) is 6.87. The average Bonchev–Trinajstić information content (AvgIpc) is 2.82. The molecule has 2 rings (SSSR count). The predicted molar refractivity (Wildman–Crippen MR) is 68.8 cm³/mol. The highest BCUT2D eigenvalue weighted by Crippen LogP contribution is 2.27. The van der Waals surface area contributed by atoms with Crippen LogP contribution in [0.25, 0.3) is 0 Å². The quantitative estimate of drug-likeness (QED) is 0.626. The third kappa shape index (κ3) is 2.55. The Morgan fingerprint density at radius 2 is 1.83 bits per heavy atom. The van der Waals surface area contributed by atoms with Gasteiger partial charge in [-0.25, -0.2) is 8.42 Å². The molecule has 0 saturated carbocycles. The first-order valence-electron chi connectivity index (χ1n) is 5.36. The summed E-state index contributed by atoms with van der Waals surface area (Å²) in [7, 11) is -3.62. The molecule has 0 aliphatic carbocycles. The molecule has 8 heteroatoms. The predicted octanol–water partition coefficient (Wildman–Crippen LogP) is 2.14. The number of hydrogen-bond acceptors (Lipinski definition) is 4. The maximum atomic E-state index is 12.2. The van der Waals surface area contributed by atoms with E-state index < -0.39 is 14.9 Å². The first kappa shape index (κ1) is 13.4. The Kier molecular flexibility index (Phi) is 3.69. The van der Waals surface area contributed by atoms with E-state index in [-0.39, 0.29) is 10.6 Å². The summed E-state index contributed by atoms with van der Waals surface area (Å²) in [5, 5.41) is 10.7. The van der Waals surface area contributed by atoms with Crippen molar-refractivity contribution >= 4 is 31.6 Å². The van der Waals surface area contributed by atoms with E-state index in [1.807, 2.05) is 0 Å². The highest BCUT2D eigenvalue weighted by molar-refractivity contribution is 9.10. The second-order valence-electron chi connectivity index (χ2n) is 4.01. The van der Waals surface area contributed by atoms with E-state index in [2.05, 4.69) is 15.9 Å². The van der Waals surface area contributed by atoms with Gasteiger partial charge in [0.05, 0.1) is 9.82 Å². The maximum Gasteiger partial charge on any atom is 0.271 e. The number of non-ortho nitro benzene ring substituents is 1. The second kappa shape index (κ2) is 4.94. The zero-order chi connectivity index (χ0) is 13.3. The monoisotopic (exact) mass is 334 g/mol. The molecule has 0 unspecified atom stereocenters. The van der Waals surface area contributed by atoms with Gasteiger partial charge in [-0.2, -0.15) is 4.31 Å². The van der Waals surface area contributed by atoms with Gasteiger partial charge < -0.3 is 0 Å². The van der Waals surface area contributed by atoms with Gasteiger partial charge in [0.1, 0.15) is 0 Å². The molecule has 0 spiro atoms. The number of nitrogens with zero attached hydrogens (tertiary/aromatic N) is 2. The van der Waals surface area contributed by atoms with Gasteiger partial charge >= 0.3 is 0 Å². The summed E-state index contributed by atoms with van der Waals surface area (Å²) >= 11 is 3.09. The first-order valence-corrected chi connectivity index (χ1v) is 7.60. The van der Waals surface area contributed by atoms with Gasteiger partial charge in [0, 0.05) is 29.7 Å². The van der Waals surface area contributed by atoms with Gasteiger partial charge in [0.15, 0.2) is 0 Å². The normalized spacial score (nSPS) is 16.9. The van der Waals surface area contributed by atoms with Crippen molar-refractivity contribution in [1.82, 2.24) is 4.31 Å². The van der Waals surface area contributed by atoms with Crippen LogP contribution in [0, 0.1) is 10.1 Å². The smallest absolute Gasteiger partial charge is 0.258 e. The summed E-state index contributed by atoms with van der Waals surface area (Å²) in [6, 6.07) is 3.77. The molecule has 0 aromatic heterocycles. The number of nitro groups is 1. The Morgan fingerprint density at radius 1 is 1.22 bits per heavy atom. The minimum atomic E-state index is -3.62. The number of nitro benzene ring substituents is 1. The Hall–Kier alpha value is -0.990.